The Balaban J connectivity index is 1.34. The van der Waals surface area contributed by atoms with Gasteiger partial charge < -0.3 is 9.80 Å². The van der Waals surface area contributed by atoms with Crippen molar-refractivity contribution in [2.24, 2.45) is 5.92 Å². The van der Waals surface area contributed by atoms with Crippen LogP contribution in [-0.4, -0.2) is 75.8 Å². The summed E-state index contributed by atoms with van der Waals surface area (Å²) in [6, 6.07) is 10.8. The molecule has 0 atom stereocenters. The largest absolute Gasteiger partial charge is 0.321 e. The van der Waals surface area contributed by atoms with E-state index in [2.05, 4.69) is 64.2 Å². The van der Waals surface area contributed by atoms with Gasteiger partial charge in [0.05, 0.1) is 12.1 Å². The van der Waals surface area contributed by atoms with Crippen LogP contribution in [0.2, 0.25) is 0 Å². The van der Waals surface area contributed by atoms with Gasteiger partial charge in [0.15, 0.2) is 5.78 Å². The van der Waals surface area contributed by atoms with Gasteiger partial charge >= 0.3 is 6.03 Å². The van der Waals surface area contributed by atoms with Crippen LogP contribution in [0.5, 0.6) is 0 Å². The zero-order valence-corrected chi connectivity index (χ0v) is 21.0. The van der Waals surface area contributed by atoms with Crippen LogP contribution in [0.15, 0.2) is 49.1 Å². The van der Waals surface area contributed by atoms with Gasteiger partial charge in [-0.1, -0.05) is 36.8 Å². The van der Waals surface area contributed by atoms with Gasteiger partial charge in [-0.15, -0.1) is 0 Å². The van der Waals surface area contributed by atoms with E-state index in [1.807, 2.05) is 4.90 Å². The van der Waals surface area contributed by atoms with Crippen LogP contribution in [0, 0.1) is 5.92 Å². The van der Waals surface area contributed by atoms with E-state index in [1.54, 1.807) is 12.4 Å². The maximum atomic E-state index is 13.7. The maximum Gasteiger partial charge on any atom is 0.321 e. The lowest BCUT2D eigenvalue weighted by Crippen LogP contribution is -2.56. The Morgan fingerprint density at radius 3 is 2.34 bits per heavy atom. The molecule has 186 valence electrons. The van der Waals surface area contributed by atoms with Gasteiger partial charge in [-0.05, 0) is 69.7 Å². The van der Waals surface area contributed by atoms with Crippen molar-refractivity contribution in [2.75, 3.05) is 33.7 Å². The molecular formula is C28H37N5O2. The molecule has 7 nitrogen and oxygen atoms in total. The summed E-state index contributed by atoms with van der Waals surface area (Å²) in [6.45, 7) is 1.64. The molecule has 7 heteroatoms. The molecule has 2 amide bonds. The SMILES string of the molecule is CN(C)C1(c2ccccc2)CCC2(CC1)CN(CC(=O)Cc1cncnc1)C(=O)N2CC1CCC1. The number of benzene rings is 1. The summed E-state index contributed by atoms with van der Waals surface area (Å²) in [4.78, 5) is 40.9. The molecule has 2 heterocycles. The Bertz CT molecular complexity index is 1030. The van der Waals surface area contributed by atoms with Gasteiger partial charge in [-0.3, -0.25) is 9.69 Å². The topological polar surface area (TPSA) is 69.6 Å². The Morgan fingerprint density at radius 2 is 1.74 bits per heavy atom. The second kappa shape index (κ2) is 9.69. The van der Waals surface area contributed by atoms with Crippen LogP contribution < -0.4 is 0 Å². The fraction of sp³-hybridized carbons (Fsp3) is 0.571. The third-order valence-electron chi connectivity index (χ3n) is 8.78. The van der Waals surface area contributed by atoms with Gasteiger partial charge in [0.25, 0.3) is 0 Å². The number of urea groups is 1. The molecular weight excluding hydrogens is 438 g/mol. The van der Waals surface area contributed by atoms with Crippen LogP contribution >= 0.6 is 0 Å². The number of amides is 2. The number of Topliss-reactive ketones (excluding diaryl/α,β-unsaturated/α-hetero) is 1. The molecule has 0 unspecified atom stereocenters. The molecule has 2 aromatic rings. The number of hydrogen-bond acceptors (Lipinski definition) is 5. The molecule has 1 aliphatic heterocycles. The van der Waals surface area contributed by atoms with Crippen molar-refractivity contribution in [3.63, 3.8) is 0 Å². The molecule has 5 rings (SSSR count). The average Bonchev–Trinajstić information content (AvgIpc) is 3.08. The van der Waals surface area contributed by atoms with Crippen molar-refractivity contribution in [3.8, 4) is 0 Å². The van der Waals surface area contributed by atoms with Crippen molar-refractivity contribution in [1.82, 2.24) is 24.7 Å². The van der Waals surface area contributed by atoms with Gasteiger partial charge in [0.1, 0.15) is 6.33 Å². The minimum atomic E-state index is -0.183. The van der Waals surface area contributed by atoms with Crippen molar-refractivity contribution in [2.45, 2.75) is 62.4 Å². The highest BCUT2D eigenvalue weighted by molar-refractivity contribution is 5.88. The molecule has 0 radical (unpaired) electrons. The number of aromatic nitrogens is 2. The number of rotatable bonds is 8. The standard InChI is InChI=1S/C28H37N5O2/c1-31(2)28(24-9-4-3-5-10-24)13-11-27(12-14-28)20-32(26(35)33(27)18-22-7-6-8-22)19-25(34)15-23-16-29-21-30-17-23/h3-5,9-10,16-17,21-22H,6-8,11-15,18-20H2,1-2H3. The summed E-state index contributed by atoms with van der Waals surface area (Å²) < 4.78 is 0. The lowest BCUT2D eigenvalue weighted by molar-refractivity contribution is -0.119. The van der Waals surface area contributed by atoms with E-state index in [0.717, 1.165) is 37.8 Å². The summed E-state index contributed by atoms with van der Waals surface area (Å²) in [5, 5.41) is 0. The molecule has 1 saturated heterocycles. The number of nitrogens with zero attached hydrogens (tertiary/aromatic N) is 5. The van der Waals surface area contributed by atoms with Crippen LogP contribution in [0.25, 0.3) is 0 Å². The monoisotopic (exact) mass is 475 g/mol. The lowest BCUT2D eigenvalue weighted by Gasteiger charge is -2.51. The first-order valence-corrected chi connectivity index (χ1v) is 13.0. The first-order chi connectivity index (χ1) is 16.9. The summed E-state index contributed by atoms with van der Waals surface area (Å²) in [5.74, 6) is 0.638. The quantitative estimate of drug-likeness (QED) is 0.579. The third-order valence-corrected chi connectivity index (χ3v) is 8.78. The minimum Gasteiger partial charge on any atom is -0.317 e. The summed E-state index contributed by atoms with van der Waals surface area (Å²) in [7, 11) is 4.35. The smallest absolute Gasteiger partial charge is 0.317 e. The van der Waals surface area contributed by atoms with Crippen molar-refractivity contribution in [1.29, 1.82) is 0 Å². The first-order valence-electron chi connectivity index (χ1n) is 13.0. The zero-order chi connectivity index (χ0) is 24.5. The van der Waals surface area contributed by atoms with E-state index in [4.69, 9.17) is 0 Å². The Morgan fingerprint density at radius 1 is 1.06 bits per heavy atom. The van der Waals surface area contributed by atoms with E-state index < -0.39 is 0 Å². The second-order valence-electron chi connectivity index (χ2n) is 11.0. The Hall–Kier alpha value is -2.80. The van der Waals surface area contributed by atoms with Crippen LogP contribution in [0.1, 0.15) is 56.1 Å². The zero-order valence-electron chi connectivity index (χ0n) is 21.0. The molecule has 0 N–H and O–H groups in total. The van der Waals surface area contributed by atoms with E-state index in [-0.39, 0.29) is 35.9 Å². The third kappa shape index (κ3) is 4.58. The normalized spacial score (nSPS) is 27.0. The van der Waals surface area contributed by atoms with Crippen molar-refractivity contribution >= 4 is 11.8 Å². The molecule has 3 fully saturated rings. The molecule has 1 aromatic heterocycles. The number of carbonyl (C=O) groups excluding carboxylic acids is 2. The van der Waals surface area contributed by atoms with E-state index in [1.165, 1.54) is 31.2 Å². The fourth-order valence-electron chi connectivity index (χ4n) is 6.43. The van der Waals surface area contributed by atoms with E-state index >= 15 is 0 Å². The highest BCUT2D eigenvalue weighted by Gasteiger charge is 2.55. The maximum absolute atomic E-state index is 13.7. The van der Waals surface area contributed by atoms with E-state index in [0.29, 0.717) is 12.5 Å². The minimum absolute atomic E-state index is 0.0196. The molecule has 0 bridgehead atoms. The second-order valence-corrected chi connectivity index (χ2v) is 11.0. The van der Waals surface area contributed by atoms with Crippen LogP contribution in [-0.2, 0) is 16.8 Å². The number of hydrogen-bond donors (Lipinski definition) is 0. The molecule has 35 heavy (non-hydrogen) atoms. The first kappa shape index (κ1) is 23.9. The van der Waals surface area contributed by atoms with Crippen molar-refractivity contribution < 1.29 is 9.59 Å². The number of carbonyl (C=O) groups is 2. The predicted octanol–water partition coefficient (Wildman–Crippen LogP) is 3.90. The van der Waals surface area contributed by atoms with Gasteiger partial charge in [0.2, 0.25) is 0 Å². The van der Waals surface area contributed by atoms with Crippen LogP contribution in [0.3, 0.4) is 0 Å². The summed E-state index contributed by atoms with van der Waals surface area (Å²) in [6.07, 6.45) is 12.7. The average molecular weight is 476 g/mol. The molecule has 2 saturated carbocycles. The highest BCUT2D eigenvalue weighted by Crippen LogP contribution is 2.49. The van der Waals surface area contributed by atoms with Gasteiger partial charge in [-0.2, -0.15) is 0 Å². The molecule has 1 aromatic carbocycles. The van der Waals surface area contributed by atoms with Gasteiger partial charge in [-0.25, -0.2) is 14.8 Å². The Kier molecular flexibility index (Phi) is 6.62. The highest BCUT2D eigenvalue weighted by atomic mass is 16.2. The van der Waals surface area contributed by atoms with Gasteiger partial charge in [0, 0.05) is 37.4 Å². The lowest BCUT2D eigenvalue weighted by atomic mass is 9.68. The molecule has 2 aliphatic carbocycles. The number of ketones is 1. The van der Waals surface area contributed by atoms with Crippen LogP contribution in [0.4, 0.5) is 4.79 Å². The fourth-order valence-corrected chi connectivity index (χ4v) is 6.43. The molecule has 3 aliphatic rings. The summed E-state index contributed by atoms with van der Waals surface area (Å²) in [5.41, 5.74) is 1.94. The van der Waals surface area contributed by atoms with Crippen molar-refractivity contribution in [3.05, 3.63) is 60.2 Å². The molecule has 1 spiro atoms. The Labute approximate surface area is 208 Å². The van der Waals surface area contributed by atoms with E-state index in [9.17, 15) is 9.59 Å². The predicted molar refractivity (Wildman–Crippen MR) is 135 cm³/mol. The summed E-state index contributed by atoms with van der Waals surface area (Å²) >= 11 is 0.